The fourth-order valence-electron chi connectivity index (χ4n) is 1.47. The van der Waals surface area contributed by atoms with E-state index in [1.165, 1.54) is 6.07 Å². The minimum atomic E-state index is -0.239. The molecule has 1 aromatic carbocycles. The van der Waals surface area contributed by atoms with E-state index in [-0.39, 0.29) is 5.82 Å². The van der Waals surface area contributed by atoms with Crippen molar-refractivity contribution in [2.75, 3.05) is 5.43 Å². The zero-order valence-electron chi connectivity index (χ0n) is 10.3. The summed E-state index contributed by atoms with van der Waals surface area (Å²) in [6, 6.07) is 8.68. The largest absolute Gasteiger partial charge is 0.278 e. The molecule has 2 rings (SSSR count). The van der Waals surface area contributed by atoms with Crippen LogP contribution in [0.2, 0.25) is 0 Å². The van der Waals surface area contributed by atoms with Gasteiger partial charge in [-0.25, -0.2) is 4.39 Å². The summed E-state index contributed by atoms with van der Waals surface area (Å²) in [5.41, 5.74) is 5.89. The van der Waals surface area contributed by atoms with Gasteiger partial charge in [-0.05, 0) is 43.7 Å². The summed E-state index contributed by atoms with van der Waals surface area (Å²) in [7, 11) is 0. The quantitative estimate of drug-likeness (QED) is 0.663. The van der Waals surface area contributed by atoms with Gasteiger partial charge in [-0.1, -0.05) is 6.07 Å². The van der Waals surface area contributed by atoms with Crippen LogP contribution in [0.3, 0.4) is 0 Å². The number of benzene rings is 1. The van der Waals surface area contributed by atoms with Gasteiger partial charge in [0.15, 0.2) is 0 Å². The number of hydrogen-bond acceptors (Lipinski definition) is 3. The van der Waals surface area contributed by atoms with Crippen molar-refractivity contribution in [3.05, 3.63) is 59.7 Å². The van der Waals surface area contributed by atoms with Crippen LogP contribution in [-0.2, 0) is 0 Å². The van der Waals surface area contributed by atoms with Crippen LogP contribution in [0.25, 0.3) is 0 Å². The summed E-state index contributed by atoms with van der Waals surface area (Å²) in [4.78, 5) is 3.94. The third-order valence-electron chi connectivity index (χ3n) is 2.62. The van der Waals surface area contributed by atoms with Gasteiger partial charge in [-0.2, -0.15) is 5.10 Å². The molecule has 1 N–H and O–H groups in total. The zero-order chi connectivity index (χ0) is 13.0. The van der Waals surface area contributed by atoms with Gasteiger partial charge >= 0.3 is 0 Å². The van der Waals surface area contributed by atoms with E-state index in [2.05, 4.69) is 15.5 Å². The molecular weight excluding hydrogens is 229 g/mol. The van der Waals surface area contributed by atoms with E-state index in [0.717, 1.165) is 11.3 Å². The molecule has 4 heteroatoms. The van der Waals surface area contributed by atoms with E-state index in [0.29, 0.717) is 11.3 Å². The fourth-order valence-corrected chi connectivity index (χ4v) is 1.47. The van der Waals surface area contributed by atoms with Gasteiger partial charge in [-0.15, -0.1) is 0 Å². The Morgan fingerprint density at radius 1 is 1.22 bits per heavy atom. The van der Waals surface area contributed by atoms with E-state index < -0.39 is 0 Å². The Morgan fingerprint density at radius 2 is 1.94 bits per heavy atom. The summed E-state index contributed by atoms with van der Waals surface area (Å²) in [6.07, 6.45) is 3.42. The molecule has 2 aromatic rings. The molecule has 0 fully saturated rings. The van der Waals surface area contributed by atoms with Crippen LogP contribution >= 0.6 is 0 Å². The highest BCUT2D eigenvalue weighted by Crippen LogP contribution is 2.13. The monoisotopic (exact) mass is 243 g/mol. The van der Waals surface area contributed by atoms with Crippen LogP contribution < -0.4 is 5.43 Å². The van der Waals surface area contributed by atoms with E-state index in [4.69, 9.17) is 0 Å². The van der Waals surface area contributed by atoms with Crippen molar-refractivity contribution < 1.29 is 4.39 Å². The molecule has 0 aliphatic rings. The maximum Gasteiger partial charge on any atom is 0.128 e. The molecule has 18 heavy (non-hydrogen) atoms. The van der Waals surface area contributed by atoms with Crippen LogP contribution in [0, 0.1) is 12.7 Å². The predicted octanol–water partition coefficient (Wildman–Crippen LogP) is 3.37. The number of hydrogen-bond donors (Lipinski definition) is 1. The molecule has 0 bridgehead atoms. The van der Waals surface area contributed by atoms with Crippen molar-refractivity contribution >= 4 is 11.4 Å². The number of pyridine rings is 1. The molecule has 0 atom stereocenters. The van der Waals surface area contributed by atoms with Gasteiger partial charge in [0, 0.05) is 18.0 Å². The van der Waals surface area contributed by atoms with Crippen LogP contribution in [-0.4, -0.2) is 10.7 Å². The van der Waals surface area contributed by atoms with Crippen molar-refractivity contribution in [2.24, 2.45) is 5.10 Å². The van der Waals surface area contributed by atoms with E-state index >= 15 is 0 Å². The predicted molar refractivity (Wildman–Crippen MR) is 71.2 cm³/mol. The van der Waals surface area contributed by atoms with Crippen molar-refractivity contribution in [3.63, 3.8) is 0 Å². The lowest BCUT2D eigenvalue weighted by Gasteiger charge is -2.04. The molecule has 92 valence electrons. The molecule has 0 saturated carbocycles. The average molecular weight is 243 g/mol. The van der Waals surface area contributed by atoms with Crippen molar-refractivity contribution in [1.29, 1.82) is 0 Å². The lowest BCUT2D eigenvalue weighted by Crippen LogP contribution is -2.00. The van der Waals surface area contributed by atoms with Gasteiger partial charge in [0.2, 0.25) is 0 Å². The average Bonchev–Trinajstić information content (AvgIpc) is 2.41. The summed E-state index contributed by atoms with van der Waals surface area (Å²) < 4.78 is 13.3. The van der Waals surface area contributed by atoms with Gasteiger partial charge in [0.1, 0.15) is 5.82 Å². The maximum atomic E-state index is 13.3. The van der Waals surface area contributed by atoms with Gasteiger partial charge in [0.05, 0.1) is 11.4 Å². The number of rotatable bonds is 3. The highest BCUT2D eigenvalue weighted by molar-refractivity contribution is 5.98. The maximum absolute atomic E-state index is 13.3. The lowest BCUT2D eigenvalue weighted by atomic mass is 10.2. The number of halogens is 1. The summed E-state index contributed by atoms with van der Waals surface area (Å²) in [5.74, 6) is -0.239. The van der Waals surface area contributed by atoms with Crippen LogP contribution in [0.15, 0.2) is 47.8 Å². The lowest BCUT2D eigenvalue weighted by molar-refractivity contribution is 0.619. The SMILES string of the molecule is CC(=NNc1ccc(C)c(F)c1)c1ccncc1. The summed E-state index contributed by atoms with van der Waals surface area (Å²) >= 11 is 0. The van der Waals surface area contributed by atoms with Crippen LogP contribution in [0.1, 0.15) is 18.1 Å². The van der Waals surface area contributed by atoms with Crippen LogP contribution in [0.5, 0.6) is 0 Å². The second kappa shape index (κ2) is 5.40. The minimum absolute atomic E-state index is 0.239. The van der Waals surface area contributed by atoms with Crippen molar-refractivity contribution in [1.82, 2.24) is 4.98 Å². The molecule has 0 radical (unpaired) electrons. The second-order valence-corrected chi connectivity index (χ2v) is 4.01. The molecule has 0 unspecified atom stereocenters. The second-order valence-electron chi connectivity index (χ2n) is 4.01. The van der Waals surface area contributed by atoms with E-state index in [9.17, 15) is 4.39 Å². The third kappa shape index (κ3) is 2.91. The highest BCUT2D eigenvalue weighted by Gasteiger charge is 1.99. The molecule has 3 nitrogen and oxygen atoms in total. The summed E-state index contributed by atoms with van der Waals surface area (Å²) in [6.45, 7) is 3.61. The van der Waals surface area contributed by atoms with Gasteiger partial charge < -0.3 is 0 Å². The first-order valence-electron chi connectivity index (χ1n) is 5.63. The molecule has 1 heterocycles. The van der Waals surface area contributed by atoms with Crippen molar-refractivity contribution in [3.8, 4) is 0 Å². The first-order chi connectivity index (χ1) is 8.66. The number of hydrazone groups is 1. The minimum Gasteiger partial charge on any atom is -0.278 e. The summed E-state index contributed by atoms with van der Waals surface area (Å²) in [5, 5.41) is 4.21. The number of aryl methyl sites for hydroxylation is 1. The number of nitrogens with zero attached hydrogens (tertiary/aromatic N) is 2. The Kier molecular flexibility index (Phi) is 3.67. The Labute approximate surface area is 105 Å². The molecule has 1 aromatic heterocycles. The van der Waals surface area contributed by atoms with E-state index in [1.807, 2.05) is 19.1 Å². The fraction of sp³-hybridized carbons (Fsp3) is 0.143. The first kappa shape index (κ1) is 12.2. The number of aromatic nitrogens is 1. The molecule has 0 spiro atoms. The Morgan fingerprint density at radius 3 is 2.61 bits per heavy atom. The van der Waals surface area contributed by atoms with E-state index in [1.54, 1.807) is 31.5 Å². The number of anilines is 1. The Bertz CT molecular complexity index is 565. The smallest absolute Gasteiger partial charge is 0.128 e. The zero-order valence-corrected chi connectivity index (χ0v) is 10.3. The molecule has 0 aliphatic carbocycles. The normalized spacial score (nSPS) is 11.4. The number of nitrogens with one attached hydrogen (secondary N) is 1. The highest BCUT2D eigenvalue weighted by atomic mass is 19.1. The Balaban J connectivity index is 2.13. The first-order valence-corrected chi connectivity index (χ1v) is 5.63. The molecule has 0 amide bonds. The Hall–Kier alpha value is -2.23. The van der Waals surface area contributed by atoms with Crippen molar-refractivity contribution in [2.45, 2.75) is 13.8 Å². The topological polar surface area (TPSA) is 37.3 Å². The molecule has 0 aliphatic heterocycles. The standard InChI is InChI=1S/C14H14FN3/c1-10-3-4-13(9-14(10)15)18-17-11(2)12-5-7-16-8-6-12/h3-9,18H,1-2H3. The molecular formula is C14H14FN3. The van der Waals surface area contributed by atoms with Crippen LogP contribution in [0.4, 0.5) is 10.1 Å². The molecule has 0 saturated heterocycles. The third-order valence-corrected chi connectivity index (χ3v) is 2.62. The van der Waals surface area contributed by atoms with Gasteiger partial charge in [-0.3, -0.25) is 10.4 Å². The van der Waals surface area contributed by atoms with Gasteiger partial charge in [0.25, 0.3) is 0 Å².